The molecule has 1 atom stereocenters. The molecule has 2 aromatic rings. The van der Waals surface area contributed by atoms with E-state index in [2.05, 4.69) is 5.32 Å². The van der Waals surface area contributed by atoms with Gasteiger partial charge in [0.25, 0.3) is 5.91 Å². The topological polar surface area (TPSA) is 83.6 Å². The second kappa shape index (κ2) is 8.70. The minimum Gasteiger partial charge on any atom is -0.350 e. The normalized spacial score (nSPS) is 16.9. The maximum Gasteiger partial charge on any atom is 0.416 e. The Morgan fingerprint density at radius 2 is 1.81 bits per heavy atom. The molecule has 0 saturated carbocycles. The first kappa shape index (κ1) is 22.8. The van der Waals surface area contributed by atoms with Crippen molar-refractivity contribution >= 4 is 21.7 Å². The molecular weight excluding hydrogens is 433 g/mol. The molecule has 0 unspecified atom stereocenters. The van der Waals surface area contributed by atoms with E-state index in [0.717, 1.165) is 18.4 Å². The van der Waals surface area contributed by atoms with Crippen molar-refractivity contribution in [2.45, 2.75) is 36.5 Å². The van der Waals surface area contributed by atoms with E-state index in [0.29, 0.717) is 24.9 Å². The summed E-state index contributed by atoms with van der Waals surface area (Å²) in [6.07, 6.45) is -2.34. The number of nitrogens with zero attached hydrogens (tertiary/aromatic N) is 1. The summed E-state index contributed by atoms with van der Waals surface area (Å²) in [6.45, 7) is 0.374. The van der Waals surface area contributed by atoms with Crippen molar-refractivity contribution in [1.82, 2.24) is 10.2 Å². The van der Waals surface area contributed by atoms with E-state index < -0.39 is 39.4 Å². The van der Waals surface area contributed by atoms with E-state index in [9.17, 15) is 31.2 Å². The third-order valence-electron chi connectivity index (χ3n) is 5.07. The van der Waals surface area contributed by atoms with Gasteiger partial charge in [0.1, 0.15) is 6.04 Å². The van der Waals surface area contributed by atoms with E-state index in [-0.39, 0.29) is 17.0 Å². The largest absolute Gasteiger partial charge is 0.416 e. The molecule has 1 saturated heterocycles. The fourth-order valence-electron chi connectivity index (χ4n) is 3.43. The number of carbonyl (C=O) groups is 2. The molecule has 6 nitrogen and oxygen atoms in total. The molecule has 0 radical (unpaired) electrons. The fraction of sp³-hybridized carbons (Fsp3) is 0.333. The molecule has 2 aromatic carbocycles. The van der Waals surface area contributed by atoms with Crippen LogP contribution in [0.2, 0.25) is 0 Å². The van der Waals surface area contributed by atoms with Gasteiger partial charge in [-0.25, -0.2) is 8.42 Å². The number of hydrogen-bond acceptors (Lipinski definition) is 4. The predicted molar refractivity (Wildman–Crippen MR) is 107 cm³/mol. The lowest BCUT2D eigenvalue weighted by Gasteiger charge is -2.24. The van der Waals surface area contributed by atoms with Crippen molar-refractivity contribution < 1.29 is 31.2 Å². The van der Waals surface area contributed by atoms with E-state index >= 15 is 0 Å². The van der Waals surface area contributed by atoms with E-state index in [4.69, 9.17) is 0 Å². The highest BCUT2D eigenvalue weighted by Gasteiger charge is 2.35. The standard InChI is InChI=1S/C21H21F3N2O4S/c1-31(29,30)17-5-2-4-15(12-17)20(28)26-11-3-6-18(26)19(27)25-13-14-7-9-16(10-8-14)21(22,23)24/h2,4-5,7-10,12,18H,3,6,11,13H2,1H3,(H,25,27)/t18-/m1/s1. The summed E-state index contributed by atoms with van der Waals surface area (Å²) in [6, 6.07) is 9.38. The molecule has 1 aliphatic rings. The molecule has 0 spiro atoms. The molecule has 31 heavy (non-hydrogen) atoms. The molecule has 1 aliphatic heterocycles. The Hall–Kier alpha value is -2.88. The molecule has 1 fully saturated rings. The third kappa shape index (κ3) is 5.43. The van der Waals surface area contributed by atoms with Crippen LogP contribution in [0.4, 0.5) is 13.2 Å². The van der Waals surface area contributed by atoms with Crippen molar-refractivity contribution in [3.05, 3.63) is 65.2 Å². The third-order valence-corrected chi connectivity index (χ3v) is 6.18. The molecule has 0 aliphatic carbocycles. The number of sulfone groups is 1. The van der Waals surface area contributed by atoms with Gasteiger partial charge < -0.3 is 10.2 Å². The Balaban J connectivity index is 1.67. The Labute approximate surface area is 178 Å². The van der Waals surface area contributed by atoms with Gasteiger partial charge in [0.05, 0.1) is 10.5 Å². The Kier molecular flexibility index (Phi) is 6.40. The predicted octanol–water partition coefficient (Wildman–Crippen LogP) is 3.03. The smallest absolute Gasteiger partial charge is 0.350 e. The second-order valence-corrected chi connectivity index (χ2v) is 9.38. The lowest BCUT2D eigenvalue weighted by Crippen LogP contribution is -2.45. The molecule has 3 rings (SSSR count). The number of carbonyl (C=O) groups excluding carboxylic acids is 2. The summed E-state index contributed by atoms with van der Waals surface area (Å²) in [4.78, 5) is 26.9. The van der Waals surface area contributed by atoms with E-state index in [1.54, 1.807) is 0 Å². The maximum absolute atomic E-state index is 12.9. The number of likely N-dealkylation sites (tertiary alicyclic amines) is 1. The van der Waals surface area contributed by atoms with Gasteiger partial charge >= 0.3 is 6.18 Å². The van der Waals surface area contributed by atoms with E-state index in [1.807, 2.05) is 0 Å². The fourth-order valence-corrected chi connectivity index (χ4v) is 4.09. The van der Waals surface area contributed by atoms with Crippen molar-refractivity contribution in [1.29, 1.82) is 0 Å². The molecule has 2 amide bonds. The number of rotatable bonds is 5. The highest BCUT2D eigenvalue weighted by Crippen LogP contribution is 2.29. The zero-order valence-electron chi connectivity index (χ0n) is 16.6. The van der Waals surface area contributed by atoms with Gasteiger partial charge in [0.15, 0.2) is 9.84 Å². The van der Waals surface area contributed by atoms with Crippen molar-refractivity contribution in [2.75, 3.05) is 12.8 Å². The number of hydrogen-bond donors (Lipinski definition) is 1. The molecular formula is C21H21F3N2O4S. The minimum atomic E-state index is -4.43. The van der Waals surface area contributed by atoms with Gasteiger partial charge in [-0.2, -0.15) is 13.2 Å². The summed E-state index contributed by atoms with van der Waals surface area (Å²) in [5.41, 5.74) is -0.102. The van der Waals surface area contributed by atoms with Crippen molar-refractivity contribution in [3.8, 4) is 0 Å². The summed E-state index contributed by atoms with van der Waals surface area (Å²) in [7, 11) is -3.48. The first-order chi connectivity index (χ1) is 14.5. The van der Waals surface area contributed by atoms with E-state index in [1.165, 1.54) is 41.3 Å². The number of alkyl halides is 3. The minimum absolute atomic E-state index is 0.0147. The van der Waals surface area contributed by atoms with Crippen LogP contribution >= 0.6 is 0 Å². The molecule has 1 N–H and O–H groups in total. The van der Waals surface area contributed by atoms with Crippen LogP contribution in [0.5, 0.6) is 0 Å². The molecule has 10 heteroatoms. The number of nitrogens with one attached hydrogen (secondary N) is 1. The first-order valence-electron chi connectivity index (χ1n) is 9.52. The lowest BCUT2D eigenvalue weighted by molar-refractivity contribution is -0.137. The summed E-state index contributed by atoms with van der Waals surface area (Å²) >= 11 is 0. The SMILES string of the molecule is CS(=O)(=O)c1cccc(C(=O)N2CCC[C@@H]2C(=O)NCc2ccc(C(F)(F)F)cc2)c1. The monoisotopic (exact) mass is 454 g/mol. The lowest BCUT2D eigenvalue weighted by atomic mass is 10.1. The highest BCUT2D eigenvalue weighted by molar-refractivity contribution is 7.90. The second-order valence-electron chi connectivity index (χ2n) is 7.37. The Morgan fingerprint density at radius 3 is 2.42 bits per heavy atom. The van der Waals surface area contributed by atoms with Gasteiger partial charge in [-0.15, -0.1) is 0 Å². The zero-order chi connectivity index (χ0) is 22.8. The molecule has 0 bridgehead atoms. The Morgan fingerprint density at radius 1 is 1.13 bits per heavy atom. The van der Waals surface area contributed by atoms with Crippen molar-refractivity contribution in [3.63, 3.8) is 0 Å². The van der Waals surface area contributed by atoms with Gasteiger partial charge in [-0.05, 0) is 48.7 Å². The van der Waals surface area contributed by atoms with Gasteiger partial charge in [-0.1, -0.05) is 18.2 Å². The molecule has 0 aromatic heterocycles. The van der Waals surface area contributed by atoms with Crippen LogP contribution in [0.25, 0.3) is 0 Å². The van der Waals surface area contributed by atoms with Crippen molar-refractivity contribution in [2.24, 2.45) is 0 Å². The average molecular weight is 454 g/mol. The zero-order valence-corrected chi connectivity index (χ0v) is 17.5. The van der Waals surface area contributed by atoms with Crippen LogP contribution in [0.3, 0.4) is 0 Å². The van der Waals surface area contributed by atoms with Gasteiger partial charge in [0, 0.05) is 24.9 Å². The summed E-state index contributed by atoms with van der Waals surface area (Å²) in [5, 5.41) is 2.66. The van der Waals surface area contributed by atoms with Crippen LogP contribution in [-0.2, 0) is 27.4 Å². The molecule has 1 heterocycles. The van der Waals surface area contributed by atoms with Gasteiger partial charge in [0.2, 0.25) is 5.91 Å². The van der Waals surface area contributed by atoms with Crippen LogP contribution in [0.15, 0.2) is 53.4 Å². The number of benzene rings is 2. The number of halogens is 3. The van der Waals surface area contributed by atoms with Crippen LogP contribution in [-0.4, -0.2) is 44.0 Å². The average Bonchev–Trinajstić information content (AvgIpc) is 3.20. The number of amides is 2. The van der Waals surface area contributed by atoms with Crippen LogP contribution in [0, 0.1) is 0 Å². The summed E-state index contributed by atoms with van der Waals surface area (Å²) in [5.74, 6) is -0.859. The highest BCUT2D eigenvalue weighted by atomic mass is 32.2. The van der Waals surface area contributed by atoms with Gasteiger partial charge in [-0.3, -0.25) is 9.59 Å². The Bertz CT molecular complexity index is 1080. The quantitative estimate of drug-likeness (QED) is 0.753. The molecule has 166 valence electrons. The first-order valence-corrected chi connectivity index (χ1v) is 11.4. The van der Waals surface area contributed by atoms with Crippen LogP contribution in [0.1, 0.15) is 34.3 Å². The summed E-state index contributed by atoms with van der Waals surface area (Å²) < 4.78 is 61.4. The maximum atomic E-state index is 12.9. The van der Waals surface area contributed by atoms with Crippen LogP contribution < -0.4 is 5.32 Å².